The van der Waals surface area contributed by atoms with Crippen molar-refractivity contribution in [2.75, 3.05) is 12.8 Å². The molecule has 0 radical (unpaired) electrons. The molecule has 0 amide bonds. The minimum atomic E-state index is -0.876. The topological polar surface area (TPSA) is 49.3 Å². The van der Waals surface area contributed by atoms with E-state index in [1.807, 2.05) is 17.8 Å². The summed E-state index contributed by atoms with van der Waals surface area (Å²) in [7, 11) is 0. The summed E-state index contributed by atoms with van der Waals surface area (Å²) in [5, 5.41) is 12.7. The second kappa shape index (κ2) is 6.55. The normalized spacial score (nSPS) is 12.4. The van der Waals surface area contributed by atoms with Crippen LogP contribution >= 0.6 is 11.8 Å². The van der Waals surface area contributed by atoms with Gasteiger partial charge in [-0.2, -0.15) is 11.8 Å². The van der Waals surface area contributed by atoms with E-state index in [1.54, 1.807) is 18.2 Å². The molecule has 0 aliphatic heterocycles. The summed E-state index contributed by atoms with van der Waals surface area (Å²) >= 11 is 1.81. The van der Waals surface area contributed by atoms with Crippen molar-refractivity contribution in [2.45, 2.75) is 18.7 Å². The lowest BCUT2D eigenvalue weighted by Crippen LogP contribution is -2.22. The fourth-order valence-corrected chi connectivity index (χ4v) is 1.60. The molecule has 1 atom stereocenters. The fourth-order valence-electron chi connectivity index (χ4n) is 1.32. The fraction of sp³-hybridized carbons (Fsp3) is 0.417. The summed E-state index contributed by atoms with van der Waals surface area (Å²) in [6.07, 6.45) is 2.08. The maximum Gasteiger partial charge on any atom is 0.335 e. The van der Waals surface area contributed by atoms with Crippen LogP contribution in [0.25, 0.3) is 0 Å². The Morgan fingerprint density at radius 3 is 2.94 bits per heavy atom. The molecule has 0 spiro atoms. The van der Waals surface area contributed by atoms with Crippen LogP contribution in [0.3, 0.4) is 0 Å². The Hall–Kier alpha value is -1.00. The quantitative estimate of drug-likeness (QED) is 0.799. The molecular weight excluding hydrogens is 222 g/mol. The molecule has 0 aromatic heterocycles. The number of hydrogen-bond acceptors (Lipinski definition) is 3. The van der Waals surface area contributed by atoms with E-state index in [9.17, 15) is 4.79 Å². The molecule has 16 heavy (non-hydrogen) atoms. The van der Waals surface area contributed by atoms with Crippen LogP contribution in [0.2, 0.25) is 0 Å². The van der Waals surface area contributed by atoms with E-state index in [0.717, 1.165) is 12.1 Å². The number of carboxylic acid groups (broad SMARTS) is 1. The Balaban J connectivity index is 2.48. The molecule has 1 unspecified atom stereocenters. The van der Waals surface area contributed by atoms with E-state index in [1.165, 1.54) is 0 Å². The summed E-state index contributed by atoms with van der Waals surface area (Å²) in [6, 6.07) is 7.02. The van der Waals surface area contributed by atoms with Gasteiger partial charge in [-0.15, -0.1) is 0 Å². The molecule has 1 rings (SSSR count). The van der Waals surface area contributed by atoms with E-state index >= 15 is 0 Å². The van der Waals surface area contributed by atoms with Crippen LogP contribution in [0, 0.1) is 0 Å². The summed E-state index contributed by atoms with van der Waals surface area (Å²) in [4.78, 5) is 10.8. The average Bonchev–Trinajstić information content (AvgIpc) is 2.29. The molecule has 0 saturated heterocycles. The van der Waals surface area contributed by atoms with Crippen molar-refractivity contribution in [1.82, 2.24) is 5.32 Å². The number of nitrogens with one attached hydrogen (secondary N) is 1. The van der Waals surface area contributed by atoms with Crippen LogP contribution in [0.15, 0.2) is 24.3 Å². The van der Waals surface area contributed by atoms with E-state index in [2.05, 4.69) is 18.5 Å². The standard InChI is InChI=1S/C12H17NO2S/c1-9(16-2)7-13-8-10-4-3-5-11(6-10)12(14)15/h3-6,9,13H,7-8H2,1-2H3,(H,14,15). The molecular formula is C12H17NO2S. The van der Waals surface area contributed by atoms with Crippen molar-refractivity contribution in [3.05, 3.63) is 35.4 Å². The van der Waals surface area contributed by atoms with E-state index in [-0.39, 0.29) is 0 Å². The first kappa shape index (κ1) is 13.1. The summed E-state index contributed by atoms with van der Waals surface area (Å²) < 4.78 is 0. The SMILES string of the molecule is CSC(C)CNCc1cccc(C(=O)O)c1. The molecule has 2 N–H and O–H groups in total. The minimum absolute atomic E-state index is 0.345. The summed E-state index contributed by atoms with van der Waals surface area (Å²) in [6.45, 7) is 3.80. The van der Waals surface area contributed by atoms with Crippen LogP contribution in [0.5, 0.6) is 0 Å². The van der Waals surface area contributed by atoms with Crippen molar-refractivity contribution in [2.24, 2.45) is 0 Å². The number of hydrogen-bond donors (Lipinski definition) is 2. The molecule has 0 saturated carbocycles. The van der Waals surface area contributed by atoms with Gasteiger partial charge < -0.3 is 10.4 Å². The van der Waals surface area contributed by atoms with Gasteiger partial charge in [-0.25, -0.2) is 4.79 Å². The van der Waals surface area contributed by atoms with E-state index < -0.39 is 5.97 Å². The smallest absolute Gasteiger partial charge is 0.335 e. The predicted molar refractivity (Wildman–Crippen MR) is 68.1 cm³/mol. The third kappa shape index (κ3) is 4.24. The third-order valence-electron chi connectivity index (χ3n) is 2.34. The van der Waals surface area contributed by atoms with Gasteiger partial charge in [-0.3, -0.25) is 0 Å². The first-order valence-corrected chi connectivity index (χ1v) is 6.48. The molecule has 3 nitrogen and oxygen atoms in total. The van der Waals surface area contributed by atoms with E-state index in [0.29, 0.717) is 17.4 Å². The molecule has 0 heterocycles. The maximum atomic E-state index is 10.8. The molecule has 1 aromatic carbocycles. The molecule has 0 aliphatic carbocycles. The highest BCUT2D eigenvalue weighted by Gasteiger charge is 2.03. The number of carbonyl (C=O) groups is 1. The van der Waals surface area contributed by atoms with E-state index in [4.69, 9.17) is 5.11 Å². The largest absolute Gasteiger partial charge is 0.478 e. The van der Waals surface area contributed by atoms with Gasteiger partial charge in [0.1, 0.15) is 0 Å². The van der Waals surface area contributed by atoms with Crippen LogP contribution in [-0.4, -0.2) is 29.1 Å². The summed E-state index contributed by atoms with van der Waals surface area (Å²) in [5.41, 5.74) is 1.35. The van der Waals surface area contributed by atoms with Gasteiger partial charge in [0.2, 0.25) is 0 Å². The van der Waals surface area contributed by atoms with Crippen LogP contribution in [0.4, 0.5) is 0 Å². The highest BCUT2D eigenvalue weighted by Crippen LogP contribution is 2.06. The van der Waals surface area contributed by atoms with Gasteiger partial charge in [-0.05, 0) is 24.0 Å². The second-order valence-electron chi connectivity index (χ2n) is 3.68. The lowest BCUT2D eigenvalue weighted by Gasteiger charge is -2.09. The number of aromatic carboxylic acids is 1. The van der Waals surface area contributed by atoms with Crippen molar-refractivity contribution in [3.8, 4) is 0 Å². The van der Waals surface area contributed by atoms with Gasteiger partial charge in [-0.1, -0.05) is 19.1 Å². The monoisotopic (exact) mass is 239 g/mol. The number of benzene rings is 1. The van der Waals surface area contributed by atoms with Gasteiger partial charge >= 0.3 is 5.97 Å². The maximum absolute atomic E-state index is 10.8. The van der Waals surface area contributed by atoms with Gasteiger partial charge in [0.25, 0.3) is 0 Å². The lowest BCUT2D eigenvalue weighted by molar-refractivity contribution is 0.0697. The third-order valence-corrected chi connectivity index (χ3v) is 3.31. The highest BCUT2D eigenvalue weighted by molar-refractivity contribution is 7.99. The number of rotatable bonds is 6. The van der Waals surface area contributed by atoms with Gasteiger partial charge in [0.15, 0.2) is 0 Å². The highest BCUT2D eigenvalue weighted by atomic mass is 32.2. The van der Waals surface area contributed by atoms with Crippen molar-refractivity contribution < 1.29 is 9.90 Å². The average molecular weight is 239 g/mol. The van der Waals surface area contributed by atoms with Gasteiger partial charge in [0, 0.05) is 18.3 Å². The molecule has 4 heteroatoms. The first-order valence-electron chi connectivity index (χ1n) is 5.19. The Morgan fingerprint density at radius 1 is 1.56 bits per heavy atom. The van der Waals surface area contributed by atoms with Crippen molar-refractivity contribution >= 4 is 17.7 Å². The van der Waals surface area contributed by atoms with Crippen LogP contribution in [0.1, 0.15) is 22.8 Å². The zero-order valence-corrected chi connectivity index (χ0v) is 10.4. The Bertz CT molecular complexity index is 355. The Morgan fingerprint density at radius 2 is 2.31 bits per heavy atom. The van der Waals surface area contributed by atoms with Gasteiger partial charge in [0.05, 0.1) is 5.56 Å². The minimum Gasteiger partial charge on any atom is -0.478 e. The number of thioether (sulfide) groups is 1. The molecule has 0 fully saturated rings. The predicted octanol–water partition coefficient (Wildman–Crippen LogP) is 2.23. The molecule has 88 valence electrons. The molecule has 0 bridgehead atoms. The second-order valence-corrected chi connectivity index (χ2v) is 4.96. The van der Waals surface area contributed by atoms with Crippen LogP contribution in [-0.2, 0) is 6.54 Å². The molecule has 0 aliphatic rings. The van der Waals surface area contributed by atoms with Crippen LogP contribution < -0.4 is 5.32 Å². The zero-order valence-electron chi connectivity index (χ0n) is 9.56. The summed E-state index contributed by atoms with van der Waals surface area (Å²) in [5.74, 6) is -0.876. The Kier molecular flexibility index (Phi) is 5.35. The lowest BCUT2D eigenvalue weighted by atomic mass is 10.1. The first-order chi connectivity index (χ1) is 7.63. The number of carboxylic acids is 1. The Labute approximate surface area is 100 Å². The van der Waals surface area contributed by atoms with Crippen molar-refractivity contribution in [1.29, 1.82) is 0 Å². The zero-order chi connectivity index (χ0) is 12.0. The van der Waals surface area contributed by atoms with Crippen molar-refractivity contribution in [3.63, 3.8) is 0 Å². The molecule has 1 aromatic rings.